The van der Waals surface area contributed by atoms with E-state index in [0.29, 0.717) is 40.1 Å². The van der Waals surface area contributed by atoms with Gasteiger partial charge in [0.25, 0.3) is 5.91 Å². The molecule has 6 heteroatoms. The van der Waals surface area contributed by atoms with E-state index in [0.717, 1.165) is 16.7 Å². The summed E-state index contributed by atoms with van der Waals surface area (Å²) in [6, 6.07) is 17.9. The van der Waals surface area contributed by atoms with Gasteiger partial charge in [-0.3, -0.25) is 4.79 Å². The van der Waals surface area contributed by atoms with Gasteiger partial charge in [0.05, 0.1) is 6.61 Å². The summed E-state index contributed by atoms with van der Waals surface area (Å²) in [5.74, 6) is -0.213. The summed E-state index contributed by atoms with van der Waals surface area (Å²) in [6.45, 7) is 6.11. The Morgan fingerprint density at radius 2 is 1.94 bits per heavy atom. The van der Waals surface area contributed by atoms with Crippen LogP contribution >= 0.6 is 15.9 Å². The predicted octanol–water partition coefficient (Wildman–Crippen LogP) is 6.74. The van der Waals surface area contributed by atoms with Crippen molar-refractivity contribution < 1.29 is 13.9 Å². The maximum absolute atomic E-state index is 14.2. The molecule has 0 aliphatic heterocycles. The van der Waals surface area contributed by atoms with Crippen LogP contribution < -0.4 is 10.1 Å². The lowest BCUT2D eigenvalue weighted by Crippen LogP contribution is -2.14. The molecule has 0 bridgehead atoms. The van der Waals surface area contributed by atoms with Gasteiger partial charge in [-0.1, -0.05) is 46.3 Å². The van der Waals surface area contributed by atoms with Gasteiger partial charge >= 0.3 is 0 Å². The van der Waals surface area contributed by atoms with Gasteiger partial charge in [-0.2, -0.15) is 5.26 Å². The lowest BCUT2D eigenvalue weighted by Gasteiger charge is -2.14. The number of nitriles is 1. The van der Waals surface area contributed by atoms with E-state index in [1.54, 1.807) is 30.3 Å². The van der Waals surface area contributed by atoms with Crippen LogP contribution in [0.5, 0.6) is 5.75 Å². The number of nitrogens with one attached hydrogen (secondary N) is 1. The topological polar surface area (TPSA) is 62.1 Å². The largest absolute Gasteiger partial charge is 0.494 e. The molecular formula is C27H24BrFN2O2. The van der Waals surface area contributed by atoms with Crippen LogP contribution in [0.1, 0.15) is 34.7 Å². The minimum atomic E-state index is -0.490. The van der Waals surface area contributed by atoms with Crippen molar-refractivity contribution in [3.05, 3.63) is 98.3 Å². The second kappa shape index (κ2) is 10.9. The Bertz CT molecular complexity index is 1260. The molecule has 0 radical (unpaired) electrons. The van der Waals surface area contributed by atoms with E-state index in [2.05, 4.69) is 21.2 Å². The molecule has 0 aliphatic carbocycles. The second-order valence-electron chi connectivity index (χ2n) is 7.62. The van der Waals surface area contributed by atoms with Gasteiger partial charge in [-0.05, 0) is 73.4 Å². The van der Waals surface area contributed by atoms with Crippen LogP contribution in [0.25, 0.3) is 6.08 Å². The molecule has 0 aliphatic rings. The van der Waals surface area contributed by atoms with Crippen molar-refractivity contribution in [3.8, 4) is 11.8 Å². The molecule has 0 fully saturated rings. The molecule has 4 nitrogen and oxygen atoms in total. The number of hydrogen-bond donors (Lipinski definition) is 1. The molecule has 1 N–H and O–H groups in total. The number of hydrogen-bond acceptors (Lipinski definition) is 3. The highest BCUT2D eigenvalue weighted by atomic mass is 79.9. The molecule has 3 aromatic rings. The number of carbonyl (C=O) groups excluding carboxylic acids is 1. The number of carbonyl (C=O) groups is 1. The summed E-state index contributed by atoms with van der Waals surface area (Å²) in [7, 11) is 0. The molecule has 1 amide bonds. The fourth-order valence-electron chi connectivity index (χ4n) is 3.38. The van der Waals surface area contributed by atoms with E-state index < -0.39 is 5.91 Å². The van der Waals surface area contributed by atoms with Crippen molar-refractivity contribution in [2.24, 2.45) is 0 Å². The Kier molecular flexibility index (Phi) is 8.02. The molecule has 0 atom stereocenters. The zero-order valence-electron chi connectivity index (χ0n) is 18.7. The SMILES string of the molecule is CCOc1cc(/C=C(\C#N)C(=O)Nc2cc(C)ccc2C)cc(Br)c1Cc1ccccc1F. The number of ether oxygens (including phenoxy) is 1. The zero-order valence-corrected chi connectivity index (χ0v) is 20.3. The maximum atomic E-state index is 14.2. The fraction of sp³-hybridized carbons (Fsp3) is 0.185. The van der Waals surface area contributed by atoms with E-state index in [-0.39, 0.29) is 11.4 Å². The van der Waals surface area contributed by atoms with Crippen LogP contribution in [0.2, 0.25) is 0 Å². The first-order valence-corrected chi connectivity index (χ1v) is 11.3. The van der Waals surface area contributed by atoms with Gasteiger partial charge in [0.15, 0.2) is 0 Å². The zero-order chi connectivity index (χ0) is 24.0. The first-order chi connectivity index (χ1) is 15.8. The highest BCUT2D eigenvalue weighted by Gasteiger charge is 2.15. The Hall–Kier alpha value is -3.43. The van der Waals surface area contributed by atoms with E-state index in [4.69, 9.17) is 4.74 Å². The van der Waals surface area contributed by atoms with Crippen molar-refractivity contribution in [3.63, 3.8) is 0 Å². The highest BCUT2D eigenvalue weighted by molar-refractivity contribution is 9.10. The lowest BCUT2D eigenvalue weighted by molar-refractivity contribution is -0.112. The minimum absolute atomic E-state index is 0.0351. The van der Waals surface area contributed by atoms with Crippen LogP contribution in [-0.4, -0.2) is 12.5 Å². The number of amides is 1. The Labute approximate surface area is 201 Å². The monoisotopic (exact) mass is 506 g/mol. The number of nitrogens with zero attached hydrogens (tertiary/aromatic N) is 1. The second-order valence-corrected chi connectivity index (χ2v) is 8.48. The molecule has 3 rings (SSSR count). The van der Waals surface area contributed by atoms with Crippen molar-refractivity contribution in [2.75, 3.05) is 11.9 Å². The van der Waals surface area contributed by atoms with Crippen LogP contribution in [-0.2, 0) is 11.2 Å². The minimum Gasteiger partial charge on any atom is -0.494 e. The molecule has 0 unspecified atom stereocenters. The third-order valence-corrected chi connectivity index (χ3v) is 5.83. The van der Waals surface area contributed by atoms with Crippen molar-refractivity contribution in [1.29, 1.82) is 5.26 Å². The average Bonchev–Trinajstić information content (AvgIpc) is 2.78. The number of rotatable bonds is 7. The van der Waals surface area contributed by atoms with Crippen LogP contribution in [0.15, 0.2) is 64.6 Å². The number of aryl methyl sites for hydroxylation is 2. The standard InChI is InChI=1S/C27H24BrFN2O2/c1-4-33-26-14-19(13-23(28)22(26)15-20-7-5-6-8-24(20)29)12-21(16-30)27(32)31-25-11-17(2)9-10-18(25)3/h5-14H,4,15H2,1-3H3,(H,31,32)/b21-12+. The molecule has 3 aromatic carbocycles. The molecule has 33 heavy (non-hydrogen) atoms. The van der Waals surface area contributed by atoms with E-state index in [1.165, 1.54) is 12.1 Å². The summed E-state index contributed by atoms with van der Waals surface area (Å²) < 4.78 is 20.7. The van der Waals surface area contributed by atoms with Crippen LogP contribution in [0.3, 0.4) is 0 Å². The molecule has 0 aromatic heterocycles. The average molecular weight is 507 g/mol. The predicted molar refractivity (Wildman–Crippen MR) is 133 cm³/mol. The van der Waals surface area contributed by atoms with Gasteiger partial charge in [-0.25, -0.2) is 4.39 Å². The number of benzene rings is 3. The molecule has 0 saturated heterocycles. The summed E-state index contributed by atoms with van der Waals surface area (Å²) in [6.07, 6.45) is 1.85. The third kappa shape index (κ3) is 6.09. The first kappa shape index (κ1) is 24.2. The van der Waals surface area contributed by atoms with Gasteiger partial charge in [0.2, 0.25) is 0 Å². The van der Waals surface area contributed by atoms with Gasteiger partial charge in [0, 0.05) is 22.1 Å². The first-order valence-electron chi connectivity index (χ1n) is 10.5. The molecule has 0 spiro atoms. The Morgan fingerprint density at radius 1 is 1.18 bits per heavy atom. The summed E-state index contributed by atoms with van der Waals surface area (Å²) >= 11 is 3.56. The number of halogens is 2. The fourth-order valence-corrected chi connectivity index (χ4v) is 3.98. The number of anilines is 1. The molecule has 0 saturated carbocycles. The summed E-state index contributed by atoms with van der Waals surface area (Å²) in [5, 5.41) is 12.4. The molecular weight excluding hydrogens is 483 g/mol. The smallest absolute Gasteiger partial charge is 0.266 e. The van der Waals surface area contributed by atoms with Gasteiger partial charge < -0.3 is 10.1 Å². The quantitative estimate of drug-likeness (QED) is 0.285. The van der Waals surface area contributed by atoms with Gasteiger partial charge in [-0.15, -0.1) is 0 Å². The Morgan fingerprint density at radius 3 is 2.64 bits per heavy atom. The maximum Gasteiger partial charge on any atom is 0.266 e. The van der Waals surface area contributed by atoms with Crippen LogP contribution in [0, 0.1) is 31.0 Å². The van der Waals surface area contributed by atoms with Gasteiger partial charge in [0.1, 0.15) is 23.2 Å². The van der Waals surface area contributed by atoms with Crippen molar-refractivity contribution in [1.82, 2.24) is 0 Å². The van der Waals surface area contributed by atoms with E-state index in [1.807, 2.05) is 45.0 Å². The Balaban J connectivity index is 1.94. The summed E-state index contributed by atoms with van der Waals surface area (Å²) in [5.41, 5.74) is 4.50. The van der Waals surface area contributed by atoms with E-state index >= 15 is 0 Å². The highest BCUT2D eigenvalue weighted by Crippen LogP contribution is 2.33. The molecule has 168 valence electrons. The third-order valence-electron chi connectivity index (χ3n) is 5.12. The lowest BCUT2D eigenvalue weighted by atomic mass is 10.0. The normalized spacial score (nSPS) is 11.1. The summed E-state index contributed by atoms with van der Waals surface area (Å²) in [4.78, 5) is 12.8. The van der Waals surface area contributed by atoms with Crippen LogP contribution in [0.4, 0.5) is 10.1 Å². The van der Waals surface area contributed by atoms with Crippen molar-refractivity contribution >= 4 is 33.6 Å². The van der Waals surface area contributed by atoms with Crippen molar-refractivity contribution in [2.45, 2.75) is 27.2 Å². The van der Waals surface area contributed by atoms with E-state index in [9.17, 15) is 14.4 Å². The molecule has 0 heterocycles.